The largest absolute Gasteiger partial charge is 0.444 e. The summed E-state index contributed by atoms with van der Waals surface area (Å²) in [6.07, 6.45) is -2.18. The Morgan fingerprint density at radius 1 is 0.943 bits per heavy atom. The van der Waals surface area contributed by atoms with E-state index in [9.17, 15) is 36.0 Å². The van der Waals surface area contributed by atoms with Crippen LogP contribution in [0.3, 0.4) is 0 Å². The average molecular weight is 765 g/mol. The molecular formula is C38H51F3N4O7S. The number of amides is 3. The van der Waals surface area contributed by atoms with Crippen LogP contribution < -0.4 is 10.6 Å². The van der Waals surface area contributed by atoms with Crippen LogP contribution in [-0.2, 0) is 41.9 Å². The summed E-state index contributed by atoms with van der Waals surface area (Å²) in [7, 11) is -2.70. The van der Waals surface area contributed by atoms with Crippen LogP contribution in [0.25, 0.3) is 4.91 Å². The first-order valence-electron chi connectivity index (χ1n) is 17.8. The SMILES string of the molecule is CCN(CC1=C(c2ccc(C(F)(F)F)cc2)S(=O)(=O)N(C)C12CCCCC2)C(=O)[C@@H](COCc1ccccc1)NC(=O)C(C)(C)NC(=O)OC(C)(C)C. The minimum Gasteiger partial charge on any atom is -0.444 e. The Morgan fingerprint density at radius 3 is 2.09 bits per heavy atom. The van der Waals surface area contributed by atoms with Gasteiger partial charge in [-0.25, -0.2) is 13.2 Å². The zero-order valence-corrected chi connectivity index (χ0v) is 32.2. The number of likely N-dealkylation sites (N-methyl/N-ethyl adjacent to an activating group) is 2. The molecule has 1 aliphatic heterocycles. The van der Waals surface area contributed by atoms with Gasteiger partial charge in [0.15, 0.2) is 0 Å². The monoisotopic (exact) mass is 764 g/mol. The molecular weight excluding hydrogens is 714 g/mol. The lowest BCUT2D eigenvalue weighted by Gasteiger charge is -2.42. The number of hydrogen-bond donors (Lipinski definition) is 2. The Labute approximate surface area is 310 Å². The van der Waals surface area contributed by atoms with Crippen molar-refractivity contribution in [3.8, 4) is 0 Å². The Balaban J connectivity index is 1.72. The zero-order chi connectivity index (χ0) is 39.4. The lowest BCUT2D eigenvalue weighted by Crippen LogP contribution is -2.61. The quantitative estimate of drug-likeness (QED) is 0.261. The molecule has 4 rings (SSSR count). The van der Waals surface area contributed by atoms with E-state index >= 15 is 0 Å². The fourth-order valence-electron chi connectivity index (χ4n) is 6.78. The second-order valence-corrected chi connectivity index (χ2v) is 17.0. The number of rotatable bonds is 12. The number of alkyl carbamates (subject to hydrolysis) is 1. The highest BCUT2D eigenvalue weighted by molar-refractivity contribution is 7.98. The van der Waals surface area contributed by atoms with E-state index in [1.807, 2.05) is 30.3 Å². The molecule has 2 aromatic carbocycles. The second-order valence-electron chi connectivity index (χ2n) is 15.1. The van der Waals surface area contributed by atoms with Gasteiger partial charge in [-0.1, -0.05) is 61.7 Å². The van der Waals surface area contributed by atoms with Gasteiger partial charge in [0.1, 0.15) is 17.2 Å². The van der Waals surface area contributed by atoms with Gasteiger partial charge in [-0.3, -0.25) is 9.59 Å². The van der Waals surface area contributed by atoms with Gasteiger partial charge in [0, 0.05) is 20.1 Å². The van der Waals surface area contributed by atoms with Crippen molar-refractivity contribution in [3.63, 3.8) is 0 Å². The van der Waals surface area contributed by atoms with E-state index < -0.39 is 62.4 Å². The summed E-state index contributed by atoms with van der Waals surface area (Å²) in [4.78, 5) is 42.1. The molecule has 2 aliphatic rings. The van der Waals surface area contributed by atoms with E-state index in [-0.39, 0.29) is 36.8 Å². The number of ether oxygens (including phenoxy) is 2. The Bertz CT molecular complexity index is 1770. The summed E-state index contributed by atoms with van der Waals surface area (Å²) < 4.78 is 81.3. The number of alkyl halides is 3. The van der Waals surface area contributed by atoms with Crippen LogP contribution in [-0.4, -0.2) is 85.0 Å². The predicted molar refractivity (Wildman–Crippen MR) is 195 cm³/mol. The highest BCUT2D eigenvalue weighted by Crippen LogP contribution is 2.51. The second kappa shape index (κ2) is 16.2. The topological polar surface area (TPSA) is 134 Å². The fraction of sp³-hybridized carbons (Fsp3) is 0.553. The number of benzene rings is 2. The molecule has 1 heterocycles. The van der Waals surface area contributed by atoms with Gasteiger partial charge in [-0.15, -0.1) is 0 Å². The van der Waals surface area contributed by atoms with Gasteiger partial charge >= 0.3 is 12.3 Å². The number of sulfonamides is 1. The molecule has 0 unspecified atom stereocenters. The molecule has 292 valence electrons. The minimum absolute atomic E-state index is 0.0943. The number of halogens is 3. The van der Waals surface area contributed by atoms with E-state index in [1.165, 1.54) is 30.1 Å². The van der Waals surface area contributed by atoms with E-state index in [0.717, 1.165) is 49.1 Å². The number of nitrogens with one attached hydrogen (secondary N) is 2. The summed E-state index contributed by atoms with van der Waals surface area (Å²) in [5.41, 5.74) is -2.92. The Morgan fingerprint density at radius 2 is 1.55 bits per heavy atom. The third-order valence-electron chi connectivity index (χ3n) is 9.64. The first kappa shape index (κ1) is 41.8. The molecule has 1 spiro atoms. The molecule has 1 fully saturated rings. The summed E-state index contributed by atoms with van der Waals surface area (Å²) in [5, 5.41) is 5.28. The first-order chi connectivity index (χ1) is 24.6. The maximum Gasteiger partial charge on any atom is 0.416 e. The minimum atomic E-state index is -4.61. The van der Waals surface area contributed by atoms with Gasteiger partial charge < -0.3 is 25.0 Å². The third-order valence-corrected chi connectivity index (χ3v) is 11.7. The summed E-state index contributed by atoms with van der Waals surface area (Å²) in [5.74, 6) is -1.27. The van der Waals surface area contributed by atoms with Gasteiger partial charge in [-0.05, 0) is 83.2 Å². The number of nitrogens with zero attached hydrogens (tertiary/aromatic N) is 2. The van der Waals surface area contributed by atoms with Crippen molar-refractivity contribution < 1.29 is 45.4 Å². The number of carbonyl (C=O) groups excluding carboxylic acids is 3. The molecule has 1 atom stereocenters. The summed E-state index contributed by atoms with van der Waals surface area (Å²) in [6.45, 7) is 9.49. The number of hydrogen-bond acceptors (Lipinski definition) is 7. The molecule has 2 N–H and O–H groups in total. The van der Waals surface area contributed by atoms with Crippen LogP contribution in [0.5, 0.6) is 0 Å². The van der Waals surface area contributed by atoms with E-state index in [1.54, 1.807) is 27.7 Å². The molecule has 1 aliphatic carbocycles. The third kappa shape index (κ3) is 9.78. The molecule has 0 bridgehead atoms. The first-order valence-corrected chi connectivity index (χ1v) is 19.2. The fourth-order valence-corrected chi connectivity index (χ4v) is 8.81. The lowest BCUT2D eigenvalue weighted by molar-refractivity contribution is -0.139. The van der Waals surface area contributed by atoms with Crippen LogP contribution in [0.1, 0.15) is 90.3 Å². The molecule has 3 amide bonds. The normalized spacial score (nSPS) is 18.1. The maximum absolute atomic E-state index is 14.5. The van der Waals surface area contributed by atoms with Crippen LogP contribution in [0.15, 0.2) is 60.2 Å². The van der Waals surface area contributed by atoms with Crippen molar-refractivity contribution in [3.05, 3.63) is 76.9 Å². The van der Waals surface area contributed by atoms with Gasteiger partial charge in [0.05, 0.1) is 29.2 Å². The van der Waals surface area contributed by atoms with Crippen molar-refractivity contribution in [1.29, 1.82) is 0 Å². The van der Waals surface area contributed by atoms with E-state index in [2.05, 4.69) is 10.6 Å². The molecule has 2 aromatic rings. The molecule has 53 heavy (non-hydrogen) atoms. The van der Waals surface area contributed by atoms with Crippen molar-refractivity contribution in [1.82, 2.24) is 19.8 Å². The smallest absolute Gasteiger partial charge is 0.416 e. The van der Waals surface area contributed by atoms with Gasteiger partial charge in [-0.2, -0.15) is 17.5 Å². The van der Waals surface area contributed by atoms with Gasteiger partial charge in [0.25, 0.3) is 0 Å². The molecule has 11 nitrogen and oxygen atoms in total. The van der Waals surface area contributed by atoms with E-state index in [4.69, 9.17) is 9.47 Å². The van der Waals surface area contributed by atoms with Crippen molar-refractivity contribution in [2.24, 2.45) is 0 Å². The van der Waals surface area contributed by atoms with E-state index in [0.29, 0.717) is 18.4 Å². The molecule has 1 saturated carbocycles. The maximum atomic E-state index is 14.5. The van der Waals surface area contributed by atoms with Crippen LogP contribution >= 0.6 is 0 Å². The van der Waals surface area contributed by atoms with Gasteiger partial charge in [0.2, 0.25) is 21.8 Å². The molecule has 0 aromatic heterocycles. The standard InChI is InChI=1S/C38H51F3N4O7S/c1-8-45(23-29-31(27-17-19-28(20-18-27)38(39,40)41)53(49,50)44(7)37(29)21-13-10-14-22-37)32(46)30(25-51-24-26-15-11-9-12-16-26)42-33(47)36(5,6)43-34(48)52-35(2,3)4/h9,11-12,15-20,30H,8,10,13-14,21-25H2,1-7H3,(H,42,47)(H,43,48)/t30-/m1/s1. The molecule has 0 radical (unpaired) electrons. The lowest BCUT2D eigenvalue weighted by atomic mass is 9.75. The van der Waals surface area contributed by atoms with Crippen molar-refractivity contribution >= 4 is 32.8 Å². The summed E-state index contributed by atoms with van der Waals surface area (Å²) in [6, 6.07) is 12.0. The highest BCUT2D eigenvalue weighted by atomic mass is 32.2. The summed E-state index contributed by atoms with van der Waals surface area (Å²) >= 11 is 0. The highest BCUT2D eigenvalue weighted by Gasteiger charge is 2.54. The number of carbonyl (C=O) groups is 3. The average Bonchev–Trinajstić information content (AvgIpc) is 3.22. The predicted octanol–water partition coefficient (Wildman–Crippen LogP) is 6.25. The van der Waals surface area contributed by atoms with Crippen LogP contribution in [0.4, 0.5) is 18.0 Å². The van der Waals surface area contributed by atoms with Crippen LogP contribution in [0, 0.1) is 0 Å². The van der Waals surface area contributed by atoms with Crippen LogP contribution in [0.2, 0.25) is 0 Å². The Hall–Kier alpha value is -3.95. The molecule has 0 saturated heterocycles. The van der Waals surface area contributed by atoms with Crippen molar-refractivity contribution in [2.75, 3.05) is 26.7 Å². The Kier molecular flexibility index (Phi) is 12.8. The van der Waals surface area contributed by atoms with Crippen molar-refractivity contribution in [2.45, 2.75) is 109 Å². The molecule has 15 heteroatoms. The zero-order valence-electron chi connectivity index (χ0n) is 31.4.